The molecule has 2 aromatic carbocycles. The maximum atomic E-state index is 13.1. The number of rotatable bonds is 9. The highest BCUT2D eigenvalue weighted by molar-refractivity contribution is 6.46. The van der Waals surface area contributed by atoms with Gasteiger partial charge in [0.15, 0.2) is 0 Å². The van der Waals surface area contributed by atoms with Gasteiger partial charge in [0, 0.05) is 5.56 Å². The van der Waals surface area contributed by atoms with Gasteiger partial charge in [-0.05, 0) is 60.5 Å². The van der Waals surface area contributed by atoms with Crippen LogP contribution in [0.25, 0.3) is 5.76 Å². The van der Waals surface area contributed by atoms with E-state index in [2.05, 4.69) is 6.92 Å². The number of Topliss-reactive ketones (excluding diaryl/α,β-unsaturated/α-hetero) is 1. The monoisotopic (exact) mass is 461 g/mol. The van der Waals surface area contributed by atoms with Crippen molar-refractivity contribution in [2.75, 3.05) is 6.61 Å². The first-order valence-electron chi connectivity index (χ1n) is 11.3. The molecule has 1 fully saturated rings. The van der Waals surface area contributed by atoms with Gasteiger partial charge in [0.1, 0.15) is 23.0 Å². The number of hydrogen-bond acceptors (Lipinski definition) is 6. The molecule has 7 nitrogen and oxygen atoms in total. The molecule has 1 atom stereocenters. The van der Waals surface area contributed by atoms with E-state index >= 15 is 0 Å². The van der Waals surface area contributed by atoms with Crippen LogP contribution in [-0.4, -0.2) is 33.4 Å². The molecule has 1 amide bonds. The molecule has 34 heavy (non-hydrogen) atoms. The predicted molar refractivity (Wildman–Crippen MR) is 126 cm³/mol. The lowest BCUT2D eigenvalue weighted by molar-refractivity contribution is -0.140. The Bertz CT molecular complexity index is 1180. The number of carbonyl (C=O) groups is 2. The number of likely N-dealkylation sites (tertiary alicyclic amines) is 1. The Morgan fingerprint density at radius 2 is 1.85 bits per heavy atom. The van der Waals surface area contributed by atoms with Crippen molar-refractivity contribution in [1.82, 2.24) is 4.90 Å². The lowest BCUT2D eigenvalue weighted by Gasteiger charge is -2.24. The Morgan fingerprint density at radius 1 is 1.06 bits per heavy atom. The minimum absolute atomic E-state index is 0.00865. The van der Waals surface area contributed by atoms with Crippen molar-refractivity contribution >= 4 is 17.4 Å². The van der Waals surface area contributed by atoms with Gasteiger partial charge in [0.05, 0.1) is 31.0 Å². The average Bonchev–Trinajstić information content (AvgIpc) is 3.44. The normalized spacial score (nSPS) is 17.3. The van der Waals surface area contributed by atoms with E-state index in [-0.39, 0.29) is 23.6 Å². The molecule has 176 valence electrons. The smallest absolute Gasteiger partial charge is 0.296 e. The molecule has 0 spiro atoms. The molecule has 7 heteroatoms. The summed E-state index contributed by atoms with van der Waals surface area (Å²) in [7, 11) is 0. The summed E-state index contributed by atoms with van der Waals surface area (Å²) in [5.41, 5.74) is 0.851. The topological polar surface area (TPSA) is 100 Å². The van der Waals surface area contributed by atoms with Crippen molar-refractivity contribution < 1.29 is 29.0 Å². The number of aliphatic hydroxyl groups is 1. The van der Waals surface area contributed by atoms with Gasteiger partial charge in [-0.3, -0.25) is 9.59 Å². The fraction of sp³-hybridized carbons (Fsp3) is 0.259. The molecule has 1 aromatic heterocycles. The fourth-order valence-corrected chi connectivity index (χ4v) is 4.06. The summed E-state index contributed by atoms with van der Waals surface area (Å²) < 4.78 is 11.1. The van der Waals surface area contributed by atoms with Gasteiger partial charge in [-0.25, -0.2) is 0 Å². The van der Waals surface area contributed by atoms with Crippen LogP contribution in [0.15, 0.2) is 76.9 Å². The Hall–Kier alpha value is -4.00. The van der Waals surface area contributed by atoms with E-state index in [1.807, 2.05) is 0 Å². The lowest BCUT2D eigenvalue weighted by atomic mass is 9.95. The van der Waals surface area contributed by atoms with Gasteiger partial charge in [0.25, 0.3) is 11.7 Å². The first kappa shape index (κ1) is 23.2. The second-order valence-electron chi connectivity index (χ2n) is 8.18. The number of amides is 1. The Morgan fingerprint density at radius 3 is 2.53 bits per heavy atom. The van der Waals surface area contributed by atoms with Gasteiger partial charge in [0.2, 0.25) is 0 Å². The van der Waals surface area contributed by atoms with Crippen molar-refractivity contribution in [3.63, 3.8) is 0 Å². The third-order valence-corrected chi connectivity index (χ3v) is 5.78. The maximum absolute atomic E-state index is 13.1. The second kappa shape index (κ2) is 10.3. The number of benzene rings is 2. The number of aliphatic hydroxyl groups excluding tert-OH is 1. The summed E-state index contributed by atoms with van der Waals surface area (Å²) in [5.74, 6) is -0.677. The molecular weight excluding hydrogens is 434 g/mol. The van der Waals surface area contributed by atoms with E-state index in [1.165, 1.54) is 23.3 Å². The van der Waals surface area contributed by atoms with Crippen LogP contribution in [0, 0.1) is 0 Å². The van der Waals surface area contributed by atoms with Crippen LogP contribution in [0.3, 0.4) is 0 Å². The number of phenols is 1. The molecule has 2 N–H and O–H groups in total. The molecule has 3 aromatic rings. The van der Waals surface area contributed by atoms with E-state index in [4.69, 9.17) is 9.15 Å². The van der Waals surface area contributed by atoms with Crippen LogP contribution >= 0.6 is 0 Å². The highest BCUT2D eigenvalue weighted by Crippen LogP contribution is 2.41. The first-order valence-corrected chi connectivity index (χ1v) is 11.3. The predicted octanol–water partition coefficient (Wildman–Crippen LogP) is 5.18. The number of unbranched alkanes of at least 4 members (excludes halogenated alkanes) is 2. The highest BCUT2D eigenvalue weighted by atomic mass is 16.5. The number of nitrogens with zero attached hydrogens (tertiary/aromatic N) is 1. The van der Waals surface area contributed by atoms with Crippen molar-refractivity contribution in [3.8, 4) is 11.5 Å². The highest BCUT2D eigenvalue weighted by Gasteiger charge is 2.46. The quantitative estimate of drug-likeness (QED) is 0.197. The molecule has 0 radical (unpaired) electrons. The SMILES string of the molecule is CCCCCOc1ccc(/C(O)=C2/C(=O)C(=O)N(Cc3ccco3)C2c2cccc(O)c2)cc1. The number of ether oxygens (including phenoxy) is 1. The summed E-state index contributed by atoms with van der Waals surface area (Å²) >= 11 is 0. The van der Waals surface area contributed by atoms with Gasteiger partial charge in [-0.1, -0.05) is 31.9 Å². The van der Waals surface area contributed by atoms with Crippen LogP contribution in [0.1, 0.15) is 49.1 Å². The number of aromatic hydroxyl groups is 1. The molecule has 2 heterocycles. The van der Waals surface area contributed by atoms with Crippen LogP contribution in [0.2, 0.25) is 0 Å². The number of furan rings is 1. The van der Waals surface area contributed by atoms with E-state index < -0.39 is 17.7 Å². The summed E-state index contributed by atoms with van der Waals surface area (Å²) in [6.45, 7) is 2.77. The van der Waals surface area contributed by atoms with Crippen LogP contribution in [-0.2, 0) is 16.1 Å². The van der Waals surface area contributed by atoms with Crippen LogP contribution in [0.4, 0.5) is 0 Å². The largest absolute Gasteiger partial charge is 0.508 e. The van der Waals surface area contributed by atoms with Gasteiger partial charge in [-0.15, -0.1) is 0 Å². The number of carbonyl (C=O) groups excluding carboxylic acids is 2. The number of phenolic OH excluding ortho intramolecular Hbond substituents is 1. The summed E-state index contributed by atoms with van der Waals surface area (Å²) in [4.78, 5) is 27.4. The zero-order valence-corrected chi connectivity index (χ0v) is 18.9. The van der Waals surface area contributed by atoms with Gasteiger partial charge in [-0.2, -0.15) is 0 Å². The molecule has 1 saturated heterocycles. The molecule has 0 bridgehead atoms. The average molecular weight is 462 g/mol. The number of ketones is 1. The van der Waals surface area contributed by atoms with Crippen molar-refractivity contribution in [1.29, 1.82) is 0 Å². The summed E-state index contributed by atoms with van der Waals surface area (Å²) in [6.07, 6.45) is 4.64. The molecule has 1 unspecified atom stereocenters. The molecule has 1 aliphatic heterocycles. The van der Waals surface area contributed by atoms with Crippen molar-refractivity contribution in [2.24, 2.45) is 0 Å². The zero-order chi connectivity index (χ0) is 24.1. The molecule has 0 aliphatic carbocycles. The van der Waals surface area contributed by atoms with Gasteiger partial charge >= 0.3 is 0 Å². The molecular formula is C27H27NO6. The number of hydrogen-bond donors (Lipinski definition) is 2. The first-order chi connectivity index (χ1) is 16.5. The summed E-state index contributed by atoms with van der Waals surface area (Å²) in [5, 5.41) is 21.2. The third-order valence-electron chi connectivity index (χ3n) is 5.78. The molecule has 4 rings (SSSR count). The minimum Gasteiger partial charge on any atom is -0.508 e. The minimum atomic E-state index is -0.887. The zero-order valence-electron chi connectivity index (χ0n) is 18.9. The van der Waals surface area contributed by atoms with E-state index in [1.54, 1.807) is 48.5 Å². The van der Waals surface area contributed by atoms with Crippen LogP contribution < -0.4 is 4.74 Å². The molecule has 0 saturated carbocycles. The molecule has 1 aliphatic rings. The summed E-state index contributed by atoms with van der Waals surface area (Å²) in [6, 6.07) is 15.6. The Balaban J connectivity index is 1.70. The van der Waals surface area contributed by atoms with Crippen molar-refractivity contribution in [2.45, 2.75) is 38.8 Å². The van der Waals surface area contributed by atoms with E-state index in [9.17, 15) is 19.8 Å². The maximum Gasteiger partial charge on any atom is 0.296 e. The Labute approximate surface area is 197 Å². The van der Waals surface area contributed by atoms with Crippen LogP contribution in [0.5, 0.6) is 11.5 Å². The Kier molecular flexibility index (Phi) is 7.01. The second-order valence-corrected chi connectivity index (χ2v) is 8.18. The van der Waals surface area contributed by atoms with Crippen molar-refractivity contribution in [3.05, 3.63) is 89.4 Å². The van der Waals surface area contributed by atoms with E-state index in [0.717, 1.165) is 19.3 Å². The van der Waals surface area contributed by atoms with E-state index in [0.29, 0.717) is 29.2 Å². The standard InChI is InChI=1S/C27H27NO6/c1-2-3-4-14-33-21-12-10-18(11-13-21)25(30)23-24(19-7-5-8-20(29)16-19)28(27(32)26(23)31)17-22-9-6-15-34-22/h5-13,15-16,24,29-30H,2-4,14,17H2,1H3/b25-23-. The third kappa shape index (κ3) is 4.83. The lowest BCUT2D eigenvalue weighted by Crippen LogP contribution is -2.29. The van der Waals surface area contributed by atoms with Gasteiger partial charge < -0.3 is 24.3 Å². The fourth-order valence-electron chi connectivity index (χ4n) is 4.06.